The average Bonchev–Trinajstić information content (AvgIpc) is 2.03. The molecule has 0 aliphatic heterocycles. The van der Waals surface area contributed by atoms with Crippen LogP contribution in [-0.4, -0.2) is 0 Å². The molecule has 0 amide bonds. The molecule has 0 aliphatic rings. The third kappa shape index (κ3) is 2.28. The fourth-order valence-electron chi connectivity index (χ4n) is 0.932. The summed E-state index contributed by atoms with van der Waals surface area (Å²) in [4.78, 5) is 0. The van der Waals surface area contributed by atoms with Crippen molar-refractivity contribution in [2.75, 3.05) is 5.73 Å². The summed E-state index contributed by atoms with van der Waals surface area (Å²) in [6.07, 6.45) is -4.41. The van der Waals surface area contributed by atoms with E-state index in [1.807, 2.05) is 0 Å². The molecule has 0 saturated carbocycles. The monoisotopic (exact) mass is 209 g/mol. The molecule has 0 heterocycles. The second-order valence-corrected chi connectivity index (χ2v) is 2.82. The van der Waals surface area contributed by atoms with Gasteiger partial charge < -0.3 is 5.73 Å². The zero-order valence-corrected chi connectivity index (χ0v) is 7.28. The van der Waals surface area contributed by atoms with Gasteiger partial charge in [-0.15, -0.1) is 11.6 Å². The Kier molecular flexibility index (Phi) is 2.71. The Morgan fingerprint density at radius 2 is 1.92 bits per heavy atom. The van der Waals surface area contributed by atoms with Crippen LogP contribution in [0.3, 0.4) is 0 Å². The van der Waals surface area contributed by atoms with Crippen LogP contribution in [0, 0.1) is 0 Å². The molecule has 0 atom stereocenters. The molecule has 0 bridgehead atoms. The molecule has 0 saturated heterocycles. The number of halogens is 4. The number of nitrogen functional groups attached to an aromatic ring is 1. The van der Waals surface area contributed by atoms with Gasteiger partial charge in [0.2, 0.25) is 0 Å². The van der Waals surface area contributed by atoms with E-state index in [4.69, 9.17) is 17.3 Å². The van der Waals surface area contributed by atoms with E-state index in [1.54, 1.807) is 0 Å². The van der Waals surface area contributed by atoms with Gasteiger partial charge in [0.15, 0.2) is 0 Å². The molecule has 0 aliphatic carbocycles. The summed E-state index contributed by atoms with van der Waals surface area (Å²) in [6, 6.07) is 3.64. The van der Waals surface area contributed by atoms with E-state index in [9.17, 15) is 13.2 Å². The fourth-order valence-corrected chi connectivity index (χ4v) is 1.10. The number of hydrogen-bond donors (Lipinski definition) is 1. The first-order valence-electron chi connectivity index (χ1n) is 3.46. The maximum absolute atomic E-state index is 12.2. The lowest BCUT2D eigenvalue weighted by molar-refractivity contribution is -0.136. The van der Waals surface area contributed by atoms with E-state index >= 15 is 0 Å². The second-order valence-electron chi connectivity index (χ2n) is 2.55. The maximum atomic E-state index is 12.2. The summed E-state index contributed by atoms with van der Waals surface area (Å²) in [5, 5.41) is 0. The van der Waals surface area contributed by atoms with Crippen LogP contribution in [0.2, 0.25) is 0 Å². The van der Waals surface area contributed by atoms with E-state index in [0.29, 0.717) is 5.56 Å². The first-order chi connectivity index (χ1) is 5.95. The van der Waals surface area contributed by atoms with Crippen molar-refractivity contribution in [3.63, 3.8) is 0 Å². The minimum absolute atomic E-state index is 0.0450. The third-order valence-corrected chi connectivity index (χ3v) is 1.89. The predicted octanol–water partition coefficient (Wildman–Crippen LogP) is 3.03. The molecule has 2 N–H and O–H groups in total. The first-order valence-corrected chi connectivity index (χ1v) is 4.00. The maximum Gasteiger partial charge on any atom is 0.418 e. The average molecular weight is 210 g/mol. The van der Waals surface area contributed by atoms with Crippen molar-refractivity contribution in [2.24, 2.45) is 0 Å². The highest BCUT2D eigenvalue weighted by Crippen LogP contribution is 2.34. The molecule has 0 fully saturated rings. The zero-order chi connectivity index (χ0) is 10.1. The Morgan fingerprint density at radius 1 is 1.31 bits per heavy atom. The van der Waals surface area contributed by atoms with Gasteiger partial charge in [-0.25, -0.2) is 0 Å². The third-order valence-electron chi connectivity index (χ3n) is 1.58. The lowest BCUT2D eigenvalue weighted by Crippen LogP contribution is -2.09. The lowest BCUT2D eigenvalue weighted by Gasteiger charge is -2.10. The van der Waals surface area contributed by atoms with Gasteiger partial charge in [-0.3, -0.25) is 0 Å². The number of benzene rings is 1. The van der Waals surface area contributed by atoms with Crippen LogP contribution in [0.1, 0.15) is 11.1 Å². The molecule has 0 unspecified atom stereocenters. The molecule has 1 nitrogen and oxygen atoms in total. The highest BCUT2D eigenvalue weighted by molar-refractivity contribution is 6.17. The van der Waals surface area contributed by atoms with Gasteiger partial charge in [0.05, 0.1) is 5.56 Å². The van der Waals surface area contributed by atoms with Gasteiger partial charge in [-0.1, -0.05) is 6.07 Å². The van der Waals surface area contributed by atoms with E-state index < -0.39 is 11.7 Å². The van der Waals surface area contributed by atoms with Crippen LogP contribution < -0.4 is 5.73 Å². The van der Waals surface area contributed by atoms with Gasteiger partial charge in [0.1, 0.15) is 0 Å². The van der Waals surface area contributed by atoms with Crippen molar-refractivity contribution >= 4 is 17.3 Å². The van der Waals surface area contributed by atoms with Gasteiger partial charge in [0.25, 0.3) is 0 Å². The Bertz CT molecular complexity index is 309. The Labute approximate surface area is 78.3 Å². The van der Waals surface area contributed by atoms with Crippen LogP contribution in [0.15, 0.2) is 18.2 Å². The summed E-state index contributed by atoms with van der Waals surface area (Å²) in [6.45, 7) is 0. The predicted molar refractivity (Wildman–Crippen MR) is 45.4 cm³/mol. The highest BCUT2D eigenvalue weighted by atomic mass is 35.5. The van der Waals surface area contributed by atoms with Crippen LogP contribution in [0.5, 0.6) is 0 Å². The van der Waals surface area contributed by atoms with Gasteiger partial charge in [-0.05, 0) is 17.7 Å². The minimum Gasteiger partial charge on any atom is -0.398 e. The quantitative estimate of drug-likeness (QED) is 0.558. The first kappa shape index (κ1) is 10.2. The van der Waals surface area contributed by atoms with Crippen LogP contribution in [-0.2, 0) is 12.1 Å². The smallest absolute Gasteiger partial charge is 0.398 e. The molecule has 1 aromatic carbocycles. The van der Waals surface area contributed by atoms with Crippen molar-refractivity contribution in [1.29, 1.82) is 0 Å². The molecule has 0 radical (unpaired) electrons. The number of anilines is 1. The van der Waals surface area contributed by atoms with E-state index in [-0.39, 0.29) is 11.6 Å². The summed E-state index contributed by atoms with van der Waals surface area (Å²) in [5.74, 6) is 0.0450. The number of alkyl halides is 4. The standard InChI is InChI=1S/C8H7ClF3N/c9-4-5-1-2-7(13)6(3-5)8(10,11)12/h1-3H,4,13H2. The molecule has 13 heavy (non-hydrogen) atoms. The van der Waals surface area contributed by atoms with Crippen molar-refractivity contribution in [3.05, 3.63) is 29.3 Å². The summed E-state index contributed by atoms with van der Waals surface area (Å²) < 4.78 is 36.7. The summed E-state index contributed by atoms with van der Waals surface area (Å²) >= 11 is 5.39. The molecule has 0 spiro atoms. The van der Waals surface area contributed by atoms with Crippen LogP contribution >= 0.6 is 11.6 Å². The minimum atomic E-state index is -4.41. The van der Waals surface area contributed by atoms with Gasteiger partial charge >= 0.3 is 6.18 Å². The number of hydrogen-bond acceptors (Lipinski definition) is 1. The molecule has 1 rings (SSSR count). The van der Waals surface area contributed by atoms with Crippen LogP contribution in [0.4, 0.5) is 18.9 Å². The molecular formula is C8H7ClF3N. The normalized spacial score (nSPS) is 11.7. The number of rotatable bonds is 1. The molecule has 5 heteroatoms. The van der Waals surface area contributed by atoms with Crippen molar-refractivity contribution in [3.8, 4) is 0 Å². The van der Waals surface area contributed by atoms with Crippen molar-refractivity contribution in [1.82, 2.24) is 0 Å². The van der Waals surface area contributed by atoms with E-state index in [0.717, 1.165) is 6.07 Å². The zero-order valence-electron chi connectivity index (χ0n) is 6.53. The number of nitrogens with two attached hydrogens (primary N) is 1. The molecular weight excluding hydrogens is 203 g/mol. The van der Waals surface area contributed by atoms with Gasteiger partial charge in [-0.2, -0.15) is 13.2 Å². The molecule has 72 valence electrons. The second kappa shape index (κ2) is 3.46. The van der Waals surface area contributed by atoms with Gasteiger partial charge in [0, 0.05) is 11.6 Å². The fraction of sp³-hybridized carbons (Fsp3) is 0.250. The van der Waals surface area contributed by atoms with E-state index in [1.165, 1.54) is 12.1 Å². The summed E-state index contributed by atoms with van der Waals surface area (Å²) in [7, 11) is 0. The van der Waals surface area contributed by atoms with E-state index in [2.05, 4.69) is 0 Å². The Hall–Kier alpha value is -0.900. The largest absolute Gasteiger partial charge is 0.418 e. The van der Waals surface area contributed by atoms with Crippen LogP contribution in [0.25, 0.3) is 0 Å². The highest BCUT2D eigenvalue weighted by Gasteiger charge is 2.32. The molecule has 0 aromatic heterocycles. The Balaban J connectivity index is 3.19. The lowest BCUT2D eigenvalue weighted by atomic mass is 10.1. The topological polar surface area (TPSA) is 26.0 Å². The SMILES string of the molecule is Nc1ccc(CCl)cc1C(F)(F)F. The molecule has 1 aromatic rings. The van der Waals surface area contributed by atoms with Crippen molar-refractivity contribution in [2.45, 2.75) is 12.1 Å². The van der Waals surface area contributed by atoms with Crippen molar-refractivity contribution < 1.29 is 13.2 Å². The summed E-state index contributed by atoms with van der Waals surface area (Å²) in [5.41, 5.74) is 4.47. The Morgan fingerprint density at radius 3 is 2.38 bits per heavy atom.